The smallest absolute Gasteiger partial charge is 0.0702 e. The number of hydrogen-bond donors (Lipinski definition) is 1. The van der Waals surface area contributed by atoms with E-state index in [9.17, 15) is 0 Å². The Hall–Kier alpha value is -0.120. The zero-order valence-electron chi connectivity index (χ0n) is 13.7. The average Bonchev–Trinajstić information content (AvgIpc) is 2.48. The van der Waals surface area contributed by atoms with Gasteiger partial charge >= 0.3 is 0 Å². The highest BCUT2D eigenvalue weighted by molar-refractivity contribution is 4.96. The van der Waals surface area contributed by atoms with Crippen LogP contribution in [0.15, 0.2) is 0 Å². The number of likely N-dealkylation sites (N-methyl/N-ethyl adjacent to an activating group) is 1. The molecule has 2 rings (SSSR count). The van der Waals surface area contributed by atoms with Crippen molar-refractivity contribution in [3.8, 4) is 0 Å². The third kappa shape index (κ3) is 3.75. The van der Waals surface area contributed by atoms with E-state index in [2.05, 4.69) is 25.8 Å². The number of nitrogens with zero attached hydrogens (tertiary/aromatic N) is 1. The fourth-order valence-electron chi connectivity index (χ4n) is 4.09. The lowest BCUT2D eigenvalue weighted by Gasteiger charge is -2.48. The molecular formula is C17H34N2O. The maximum absolute atomic E-state index is 6.22. The van der Waals surface area contributed by atoms with Gasteiger partial charge in [0.1, 0.15) is 0 Å². The van der Waals surface area contributed by atoms with Crippen LogP contribution in [-0.4, -0.2) is 43.3 Å². The molecule has 0 spiro atoms. The highest BCUT2D eigenvalue weighted by Crippen LogP contribution is 2.39. The second-order valence-electron chi connectivity index (χ2n) is 7.40. The molecule has 1 aliphatic heterocycles. The summed E-state index contributed by atoms with van der Waals surface area (Å²) in [6.45, 7) is 7.52. The minimum Gasteiger partial charge on any atom is -0.377 e. The van der Waals surface area contributed by atoms with Crippen molar-refractivity contribution >= 4 is 0 Å². The molecule has 0 aromatic carbocycles. The molecule has 1 saturated carbocycles. The molecule has 0 aromatic heterocycles. The Morgan fingerprint density at radius 2 is 2.05 bits per heavy atom. The molecule has 3 heteroatoms. The first kappa shape index (κ1) is 16.3. The molecule has 3 unspecified atom stereocenters. The molecule has 2 N–H and O–H groups in total. The van der Waals surface area contributed by atoms with Gasteiger partial charge in [-0.25, -0.2) is 0 Å². The first-order chi connectivity index (χ1) is 9.57. The lowest BCUT2D eigenvalue weighted by Crippen LogP contribution is -2.57. The summed E-state index contributed by atoms with van der Waals surface area (Å²) in [4.78, 5) is 2.54. The summed E-state index contributed by atoms with van der Waals surface area (Å²) in [6.07, 6.45) is 9.44. The summed E-state index contributed by atoms with van der Waals surface area (Å²) in [7, 11) is 2.27. The van der Waals surface area contributed by atoms with Gasteiger partial charge in [-0.3, -0.25) is 4.90 Å². The Morgan fingerprint density at radius 1 is 1.25 bits per heavy atom. The van der Waals surface area contributed by atoms with Gasteiger partial charge in [0, 0.05) is 25.2 Å². The quantitative estimate of drug-likeness (QED) is 0.842. The van der Waals surface area contributed by atoms with Crippen LogP contribution in [0.1, 0.15) is 58.8 Å². The third-order valence-corrected chi connectivity index (χ3v) is 5.74. The van der Waals surface area contributed by atoms with E-state index in [1.54, 1.807) is 0 Å². The van der Waals surface area contributed by atoms with Gasteiger partial charge in [-0.15, -0.1) is 0 Å². The van der Waals surface area contributed by atoms with E-state index in [1.165, 1.54) is 44.9 Å². The normalized spacial score (nSPS) is 35.7. The minimum atomic E-state index is 0.216. The topological polar surface area (TPSA) is 38.5 Å². The Bertz CT molecular complexity index is 289. The number of rotatable bonds is 5. The molecule has 0 amide bonds. The fourth-order valence-corrected chi connectivity index (χ4v) is 4.09. The van der Waals surface area contributed by atoms with Crippen LogP contribution in [0.2, 0.25) is 0 Å². The summed E-state index contributed by atoms with van der Waals surface area (Å²) in [5.41, 5.74) is 6.44. The van der Waals surface area contributed by atoms with Crippen molar-refractivity contribution in [3.63, 3.8) is 0 Å². The average molecular weight is 282 g/mol. The maximum atomic E-state index is 6.22. The van der Waals surface area contributed by atoms with Crippen LogP contribution in [0.25, 0.3) is 0 Å². The van der Waals surface area contributed by atoms with E-state index in [0.717, 1.165) is 31.5 Å². The van der Waals surface area contributed by atoms with E-state index in [4.69, 9.17) is 10.5 Å². The highest BCUT2D eigenvalue weighted by Gasteiger charge is 2.40. The van der Waals surface area contributed by atoms with Crippen LogP contribution in [0.5, 0.6) is 0 Å². The van der Waals surface area contributed by atoms with E-state index < -0.39 is 0 Å². The Balaban J connectivity index is 1.97. The number of ether oxygens (including phenoxy) is 1. The molecule has 1 aliphatic carbocycles. The van der Waals surface area contributed by atoms with Crippen LogP contribution in [0.3, 0.4) is 0 Å². The summed E-state index contributed by atoms with van der Waals surface area (Å²) < 4.78 is 5.92. The largest absolute Gasteiger partial charge is 0.377 e. The van der Waals surface area contributed by atoms with Crippen molar-refractivity contribution in [1.29, 1.82) is 0 Å². The Kier molecular flexibility index (Phi) is 5.88. The molecule has 2 fully saturated rings. The Morgan fingerprint density at radius 3 is 2.65 bits per heavy atom. The SMILES string of the molecule is CC(C)C1CCCC(CN)(N(C)CC2CCCCO2)C1. The van der Waals surface area contributed by atoms with Crippen LogP contribution in [0, 0.1) is 11.8 Å². The third-order valence-electron chi connectivity index (χ3n) is 5.74. The van der Waals surface area contributed by atoms with Gasteiger partial charge < -0.3 is 10.5 Å². The van der Waals surface area contributed by atoms with Gasteiger partial charge in [0.15, 0.2) is 0 Å². The lowest BCUT2D eigenvalue weighted by molar-refractivity contribution is -0.0370. The van der Waals surface area contributed by atoms with E-state index in [-0.39, 0.29) is 5.54 Å². The number of nitrogens with two attached hydrogens (primary N) is 1. The van der Waals surface area contributed by atoms with Gasteiger partial charge in [-0.1, -0.05) is 26.7 Å². The summed E-state index contributed by atoms with van der Waals surface area (Å²) >= 11 is 0. The molecule has 2 aliphatic rings. The van der Waals surface area contributed by atoms with Crippen molar-refractivity contribution in [2.45, 2.75) is 70.4 Å². The summed E-state index contributed by atoms with van der Waals surface area (Å²) in [5, 5.41) is 0. The molecular weight excluding hydrogens is 248 g/mol. The van der Waals surface area contributed by atoms with Gasteiger partial charge in [-0.2, -0.15) is 0 Å². The second-order valence-corrected chi connectivity index (χ2v) is 7.40. The van der Waals surface area contributed by atoms with Crippen molar-refractivity contribution in [3.05, 3.63) is 0 Å². The lowest BCUT2D eigenvalue weighted by atomic mass is 9.71. The molecule has 0 radical (unpaired) electrons. The van der Waals surface area contributed by atoms with Crippen molar-refractivity contribution in [2.75, 3.05) is 26.7 Å². The van der Waals surface area contributed by atoms with E-state index in [1.807, 2.05) is 0 Å². The second kappa shape index (κ2) is 7.24. The molecule has 0 bridgehead atoms. The van der Waals surface area contributed by atoms with Crippen LogP contribution >= 0.6 is 0 Å². The van der Waals surface area contributed by atoms with Crippen LogP contribution in [0.4, 0.5) is 0 Å². The first-order valence-corrected chi connectivity index (χ1v) is 8.60. The fraction of sp³-hybridized carbons (Fsp3) is 1.00. The van der Waals surface area contributed by atoms with Crippen molar-refractivity contribution in [2.24, 2.45) is 17.6 Å². The predicted octanol–water partition coefficient (Wildman–Crippen LogP) is 3.03. The summed E-state index contributed by atoms with van der Waals surface area (Å²) in [6, 6.07) is 0. The zero-order chi connectivity index (χ0) is 14.6. The highest BCUT2D eigenvalue weighted by atomic mass is 16.5. The molecule has 3 atom stereocenters. The van der Waals surface area contributed by atoms with E-state index >= 15 is 0 Å². The molecule has 1 heterocycles. The van der Waals surface area contributed by atoms with Gasteiger partial charge in [0.2, 0.25) is 0 Å². The Labute approximate surface area is 125 Å². The standard InChI is InChI=1S/C17H34N2O/c1-14(2)15-7-6-9-17(11-15,13-18)19(3)12-16-8-4-5-10-20-16/h14-16H,4-13,18H2,1-3H3. The van der Waals surface area contributed by atoms with Crippen LogP contribution < -0.4 is 5.73 Å². The van der Waals surface area contributed by atoms with Gasteiger partial charge in [0.25, 0.3) is 0 Å². The van der Waals surface area contributed by atoms with Crippen molar-refractivity contribution < 1.29 is 4.74 Å². The predicted molar refractivity (Wildman–Crippen MR) is 84.8 cm³/mol. The van der Waals surface area contributed by atoms with E-state index in [0.29, 0.717) is 6.10 Å². The van der Waals surface area contributed by atoms with Crippen molar-refractivity contribution in [1.82, 2.24) is 4.90 Å². The monoisotopic (exact) mass is 282 g/mol. The minimum absolute atomic E-state index is 0.216. The maximum Gasteiger partial charge on any atom is 0.0702 e. The zero-order valence-corrected chi connectivity index (χ0v) is 13.7. The van der Waals surface area contributed by atoms with Gasteiger partial charge in [-0.05, 0) is 51.0 Å². The van der Waals surface area contributed by atoms with Gasteiger partial charge in [0.05, 0.1) is 6.10 Å². The molecule has 20 heavy (non-hydrogen) atoms. The summed E-state index contributed by atoms with van der Waals surface area (Å²) in [5.74, 6) is 1.61. The molecule has 1 saturated heterocycles. The van der Waals surface area contributed by atoms with Crippen LogP contribution in [-0.2, 0) is 4.74 Å². The number of hydrogen-bond acceptors (Lipinski definition) is 3. The molecule has 118 valence electrons. The molecule has 3 nitrogen and oxygen atoms in total. The first-order valence-electron chi connectivity index (χ1n) is 8.60. The molecule has 0 aromatic rings.